The number of nitrogens with zero attached hydrogens (tertiary/aromatic N) is 6. The van der Waals surface area contributed by atoms with E-state index in [2.05, 4.69) is 394 Å². The highest BCUT2D eigenvalue weighted by molar-refractivity contribution is 7.85. The van der Waals surface area contributed by atoms with Gasteiger partial charge in [0.1, 0.15) is 5.52 Å². The van der Waals surface area contributed by atoms with Crippen LogP contribution in [0.2, 0.25) is 0 Å². The Morgan fingerprint density at radius 2 is 0.472 bits per heavy atom. The molecule has 676 valence electrons. The van der Waals surface area contributed by atoms with Gasteiger partial charge in [0.2, 0.25) is 5.89 Å². The van der Waals surface area contributed by atoms with Crippen LogP contribution >= 0.6 is 41.2 Å². The van der Waals surface area contributed by atoms with Crippen LogP contribution < -0.4 is 15.9 Å². The molecule has 28 aromatic rings. The Labute approximate surface area is 842 Å². The van der Waals surface area contributed by atoms with Crippen molar-refractivity contribution in [3.63, 3.8) is 0 Å². The molecule has 28 rings (SSSR count). The molecule has 0 atom stereocenters. The second-order valence-electron chi connectivity index (χ2n) is 35.9. The zero-order valence-corrected chi connectivity index (χ0v) is 80.9. The van der Waals surface area contributed by atoms with E-state index < -0.39 is 7.14 Å². The third-order valence-corrected chi connectivity index (χ3v) is 34.3. The van der Waals surface area contributed by atoms with Gasteiger partial charge in [-0.1, -0.05) is 455 Å². The number of hydrogen-bond acceptors (Lipinski definition) is 11. The summed E-state index contributed by atoms with van der Waals surface area (Å²) in [5, 5.41) is 17.8. The molecule has 0 aliphatic rings. The molecule has 0 aliphatic heterocycles. The maximum Gasteiger partial charge on any atom is 0.227 e. The molecule has 8 aromatic heterocycles. The number of benzene rings is 20. The highest BCUT2D eigenvalue weighted by Gasteiger charge is 2.33. The summed E-state index contributed by atoms with van der Waals surface area (Å²) < 4.78 is 25.0. The van der Waals surface area contributed by atoms with E-state index in [1.807, 2.05) is 143 Å². The topological polar surface area (TPSA) is 108 Å². The van der Waals surface area contributed by atoms with Gasteiger partial charge in [0.05, 0.1) is 44.8 Å². The molecule has 0 saturated carbocycles. The van der Waals surface area contributed by atoms with Gasteiger partial charge >= 0.3 is 0 Å². The van der Waals surface area contributed by atoms with Crippen molar-refractivity contribution >= 4 is 174 Å². The third-order valence-electron chi connectivity index (χ3n) is 27.4. The first-order chi connectivity index (χ1) is 71.3. The number of pyridine rings is 3. The number of aromatic nitrogens is 6. The van der Waals surface area contributed by atoms with Gasteiger partial charge in [-0.2, -0.15) is 0 Å². The van der Waals surface area contributed by atoms with Crippen molar-refractivity contribution < 1.29 is 8.98 Å². The standard InChI is InChI=1S/C47H29N3S.C45H30NOPS.C40H24N2OS/c1-3-15-31(16-4-1)44-42-41(36-23-13-19-30-14-7-8-20-35(30)36)45(51-46(42)38-22-10-12-25-40(38)48-44)33-28-26-32(27-29-33)43-37-21-9-11-24-39(37)49-47(50-43)34-17-5-2-6-18-34;47-48(34-19-6-2-7-20-34,35-21-8-3-9-22-35)36-29-27-33(28-30-36)44-41(38-25-14-18-31-15-10-11-23-37(31)38)42-43(32-16-4-1-5-17-32)46-40-26-13-12-24-39(40)45(42)49-44;1-2-12-26(13-3-1)37-36-35(30-17-10-14-25-11-4-5-15-29(25)30)38(44-39(36)31-16-6-7-18-32(31)41-37)27-21-23-28(24-22-27)40-42-33-19-8-9-20-34(33)43-40/h1-29H;1-30H;1-24H. The molecule has 0 spiro atoms. The van der Waals surface area contributed by atoms with Gasteiger partial charge in [-0.25, -0.2) is 29.9 Å². The van der Waals surface area contributed by atoms with E-state index in [9.17, 15) is 0 Å². The average molecular weight is 1910 g/mol. The zero-order valence-electron chi connectivity index (χ0n) is 77.6. The van der Waals surface area contributed by atoms with E-state index in [-0.39, 0.29) is 0 Å². The summed E-state index contributed by atoms with van der Waals surface area (Å²) in [7, 11) is -3.11. The van der Waals surface area contributed by atoms with Crippen LogP contribution in [0.1, 0.15) is 0 Å². The van der Waals surface area contributed by atoms with Gasteiger partial charge in [-0.05, 0) is 114 Å². The first kappa shape index (κ1) is 86.6. The molecular formula is C132H83N6O2PS3. The summed E-state index contributed by atoms with van der Waals surface area (Å²) in [4.78, 5) is 34.4. The van der Waals surface area contributed by atoms with Gasteiger partial charge in [0, 0.05) is 132 Å². The molecule has 0 saturated heterocycles. The maximum atomic E-state index is 15.2. The minimum absolute atomic E-state index is 0.630. The summed E-state index contributed by atoms with van der Waals surface area (Å²) in [6.45, 7) is 0. The summed E-state index contributed by atoms with van der Waals surface area (Å²) in [6, 6.07) is 175. The predicted molar refractivity (Wildman–Crippen MR) is 609 cm³/mol. The molecular weight excluding hydrogens is 1830 g/mol. The Balaban J connectivity index is 0.000000110. The average Bonchev–Trinajstić information content (AvgIpc) is 1.69. The Morgan fingerprint density at radius 1 is 0.194 bits per heavy atom. The van der Waals surface area contributed by atoms with Gasteiger partial charge in [0.25, 0.3) is 0 Å². The Bertz CT molecular complexity index is 9760. The minimum Gasteiger partial charge on any atom is -0.436 e. The highest BCUT2D eigenvalue weighted by atomic mass is 32.1. The van der Waals surface area contributed by atoms with Crippen LogP contribution in [0.4, 0.5) is 0 Å². The van der Waals surface area contributed by atoms with Crippen LogP contribution in [-0.4, -0.2) is 29.9 Å². The SMILES string of the molecule is O=P(c1ccccc1)(c1ccccc1)c1ccc(-c2sc3c(c(-c4ccccc4)nc4ccccc43)c2-c2cccc3ccccc23)cc1.c1ccc(-c2nc(-c3ccc(-c4sc5c(c(-c6ccccc6)nc6ccccc65)c4-c4cccc5ccccc45)cc3)c3ccccc3n2)cc1.c1ccc(-c2nc3ccccc3c3sc(-c4ccc(-c5nc6ccccc6o5)cc4)c(-c4cccc5ccccc45)c23)cc1. The summed E-state index contributed by atoms with van der Waals surface area (Å²) in [6.07, 6.45) is 0. The molecule has 0 fully saturated rings. The predicted octanol–water partition coefficient (Wildman–Crippen LogP) is 35.5. The molecule has 0 amide bonds. The second-order valence-corrected chi connectivity index (χ2v) is 41.7. The maximum absolute atomic E-state index is 15.2. The van der Waals surface area contributed by atoms with Gasteiger partial charge in [-0.3, -0.25) is 0 Å². The molecule has 0 unspecified atom stereocenters. The summed E-state index contributed by atoms with van der Waals surface area (Å²) >= 11 is 5.52. The van der Waals surface area contributed by atoms with Gasteiger partial charge < -0.3 is 8.98 Å². The number of para-hydroxylation sites is 6. The first-order valence-corrected chi connectivity index (χ1v) is 52.4. The van der Waals surface area contributed by atoms with Crippen LogP contribution in [-0.2, 0) is 4.57 Å². The largest absolute Gasteiger partial charge is 0.436 e. The molecule has 0 aliphatic carbocycles. The summed E-state index contributed by atoms with van der Waals surface area (Å²) in [5.74, 6) is 1.36. The smallest absolute Gasteiger partial charge is 0.227 e. The van der Waals surface area contributed by atoms with Crippen LogP contribution in [0, 0.1) is 0 Å². The lowest BCUT2D eigenvalue weighted by Gasteiger charge is -2.20. The van der Waals surface area contributed by atoms with Crippen molar-refractivity contribution in [1.82, 2.24) is 29.9 Å². The zero-order chi connectivity index (χ0) is 95.6. The molecule has 0 N–H and O–H groups in total. The lowest BCUT2D eigenvalue weighted by molar-refractivity contribution is 0.592. The van der Waals surface area contributed by atoms with E-state index in [1.54, 1.807) is 0 Å². The molecule has 8 nitrogen and oxygen atoms in total. The third kappa shape index (κ3) is 15.6. The van der Waals surface area contributed by atoms with Gasteiger partial charge in [-0.15, -0.1) is 34.0 Å². The lowest BCUT2D eigenvalue weighted by atomic mass is 9.91. The lowest BCUT2D eigenvalue weighted by Crippen LogP contribution is -2.24. The Morgan fingerprint density at radius 3 is 0.854 bits per heavy atom. The van der Waals surface area contributed by atoms with Gasteiger partial charge in [0.15, 0.2) is 18.5 Å². The molecule has 8 heterocycles. The van der Waals surface area contributed by atoms with Crippen molar-refractivity contribution in [3.8, 4) is 133 Å². The van der Waals surface area contributed by atoms with E-state index in [0.717, 1.165) is 144 Å². The van der Waals surface area contributed by atoms with Crippen molar-refractivity contribution in [2.45, 2.75) is 0 Å². The second kappa shape index (κ2) is 37.2. The van der Waals surface area contributed by atoms with E-state index >= 15 is 4.57 Å². The van der Waals surface area contributed by atoms with Crippen molar-refractivity contribution in [2.75, 3.05) is 0 Å². The number of oxazole rings is 1. The Kier molecular flexibility index (Phi) is 22.4. The van der Waals surface area contributed by atoms with Crippen molar-refractivity contribution in [3.05, 3.63) is 504 Å². The molecule has 0 radical (unpaired) electrons. The van der Waals surface area contributed by atoms with E-state index in [1.165, 1.54) is 116 Å². The molecule has 144 heavy (non-hydrogen) atoms. The fourth-order valence-electron chi connectivity index (χ4n) is 20.6. The fourth-order valence-corrected chi connectivity index (χ4v) is 27.3. The highest BCUT2D eigenvalue weighted by Crippen LogP contribution is 2.57. The summed E-state index contributed by atoms with van der Waals surface area (Å²) in [5.41, 5.74) is 26.4. The van der Waals surface area contributed by atoms with Crippen LogP contribution in [0.5, 0.6) is 0 Å². The molecule has 12 heteroatoms. The monoisotopic (exact) mass is 1910 g/mol. The fraction of sp³-hybridized carbons (Fsp3) is 0. The van der Waals surface area contributed by atoms with E-state index in [4.69, 9.17) is 34.3 Å². The first-order valence-electron chi connectivity index (χ1n) is 48.2. The van der Waals surface area contributed by atoms with Crippen molar-refractivity contribution in [1.29, 1.82) is 0 Å². The normalized spacial score (nSPS) is 11.6. The number of fused-ring (bicyclic) bond motifs is 14. The van der Waals surface area contributed by atoms with Crippen LogP contribution in [0.25, 0.3) is 250 Å². The van der Waals surface area contributed by atoms with E-state index in [0.29, 0.717) is 5.89 Å². The number of hydrogen-bond donors (Lipinski definition) is 0. The van der Waals surface area contributed by atoms with Crippen LogP contribution in [0.3, 0.4) is 0 Å². The quantitative estimate of drug-likeness (QED) is 0.0934. The molecule has 20 aromatic carbocycles. The minimum atomic E-state index is -3.11. The van der Waals surface area contributed by atoms with Crippen LogP contribution in [0.15, 0.2) is 508 Å². The number of thiophene rings is 3. The molecule has 0 bridgehead atoms. The number of rotatable bonds is 15. The van der Waals surface area contributed by atoms with Crippen molar-refractivity contribution in [2.24, 2.45) is 0 Å². The Hall–Kier alpha value is -17.7.